The van der Waals surface area contributed by atoms with Gasteiger partial charge in [0.2, 0.25) is 0 Å². The first-order valence-corrected chi connectivity index (χ1v) is 6.30. The molecule has 0 spiro atoms. The minimum absolute atomic E-state index is 0.135. The maximum absolute atomic E-state index is 5.78. The number of likely N-dealkylation sites (N-methyl/N-ethyl adjacent to an activating group) is 1. The predicted molar refractivity (Wildman–Crippen MR) is 73.2 cm³/mol. The molecule has 0 aliphatic carbocycles. The molecule has 94 valence electrons. The van der Waals surface area contributed by atoms with Gasteiger partial charge in [-0.15, -0.1) is 0 Å². The molecule has 1 heterocycles. The summed E-state index contributed by atoms with van der Waals surface area (Å²) in [6, 6.07) is 6.24. The molecule has 0 atom stereocenters. The molecule has 0 saturated carbocycles. The van der Waals surface area contributed by atoms with Crippen molar-refractivity contribution in [3.05, 3.63) is 18.2 Å². The smallest absolute Gasteiger partial charge is 0.144 e. The number of para-hydroxylation sites is 1. The zero-order valence-corrected chi connectivity index (χ0v) is 11.2. The highest BCUT2D eigenvalue weighted by molar-refractivity contribution is 5.79. The summed E-state index contributed by atoms with van der Waals surface area (Å²) in [4.78, 5) is 2.32. The lowest BCUT2D eigenvalue weighted by atomic mass is 9.98. The third-order valence-corrected chi connectivity index (χ3v) is 3.43. The molecule has 17 heavy (non-hydrogen) atoms. The summed E-state index contributed by atoms with van der Waals surface area (Å²) in [7, 11) is 2.14. The molecule has 0 radical (unpaired) electrons. The second-order valence-electron chi connectivity index (χ2n) is 5.22. The Morgan fingerprint density at radius 1 is 1.41 bits per heavy atom. The van der Waals surface area contributed by atoms with Crippen molar-refractivity contribution in [3.63, 3.8) is 0 Å². The molecule has 0 unspecified atom stereocenters. The number of nitrogens with zero attached hydrogens (tertiary/aromatic N) is 1. The molecular weight excluding hydrogens is 212 g/mol. The number of anilines is 2. The van der Waals surface area contributed by atoms with Crippen LogP contribution >= 0.6 is 0 Å². The van der Waals surface area contributed by atoms with Crippen LogP contribution in [0, 0.1) is 0 Å². The maximum Gasteiger partial charge on any atom is 0.144 e. The van der Waals surface area contributed by atoms with Crippen LogP contribution in [0.25, 0.3) is 0 Å². The van der Waals surface area contributed by atoms with Crippen LogP contribution in [-0.2, 0) is 0 Å². The van der Waals surface area contributed by atoms with Gasteiger partial charge in [-0.3, -0.25) is 0 Å². The fourth-order valence-corrected chi connectivity index (χ4v) is 2.06. The third-order valence-electron chi connectivity index (χ3n) is 3.43. The Hall–Kier alpha value is -1.38. The van der Waals surface area contributed by atoms with E-state index in [2.05, 4.69) is 50.2 Å². The molecule has 1 aliphatic rings. The molecule has 3 heteroatoms. The minimum Gasteiger partial charge on any atom is -0.491 e. The lowest BCUT2D eigenvalue weighted by molar-refractivity contribution is 0.318. The Balaban J connectivity index is 2.33. The van der Waals surface area contributed by atoms with Gasteiger partial charge in [0, 0.05) is 13.6 Å². The van der Waals surface area contributed by atoms with Crippen LogP contribution in [0.3, 0.4) is 0 Å². The summed E-state index contributed by atoms with van der Waals surface area (Å²) >= 11 is 0. The first-order chi connectivity index (χ1) is 8.06. The molecule has 0 amide bonds. The van der Waals surface area contributed by atoms with Crippen LogP contribution < -0.4 is 15.0 Å². The Morgan fingerprint density at radius 3 is 2.88 bits per heavy atom. The van der Waals surface area contributed by atoms with Crippen molar-refractivity contribution in [2.24, 2.45) is 0 Å². The second kappa shape index (κ2) is 4.47. The van der Waals surface area contributed by atoms with Gasteiger partial charge in [-0.05, 0) is 32.4 Å². The van der Waals surface area contributed by atoms with Crippen molar-refractivity contribution in [1.82, 2.24) is 0 Å². The van der Waals surface area contributed by atoms with E-state index in [-0.39, 0.29) is 5.54 Å². The largest absolute Gasteiger partial charge is 0.491 e. The van der Waals surface area contributed by atoms with Gasteiger partial charge in [0.25, 0.3) is 0 Å². The third kappa shape index (κ3) is 2.19. The molecule has 0 saturated heterocycles. The highest BCUT2D eigenvalue weighted by atomic mass is 16.5. The van der Waals surface area contributed by atoms with E-state index >= 15 is 0 Å². The van der Waals surface area contributed by atoms with Gasteiger partial charge in [0.05, 0.1) is 17.8 Å². The van der Waals surface area contributed by atoms with E-state index in [4.69, 9.17) is 4.74 Å². The average Bonchev–Trinajstić information content (AvgIpc) is 2.31. The Labute approximate surface area is 104 Å². The van der Waals surface area contributed by atoms with Crippen LogP contribution in [0.1, 0.15) is 27.2 Å². The van der Waals surface area contributed by atoms with E-state index in [0.29, 0.717) is 0 Å². The fraction of sp³-hybridized carbons (Fsp3) is 0.571. The number of nitrogens with one attached hydrogen (secondary N) is 1. The zero-order valence-electron chi connectivity index (χ0n) is 11.2. The minimum atomic E-state index is 0.135. The van der Waals surface area contributed by atoms with Crippen LogP contribution in [-0.4, -0.2) is 25.7 Å². The standard InChI is InChI=1S/C14H22N2O/c1-5-9-17-12-8-6-7-11-13(12)15-10-14(2,3)16(11)4/h6-8,15H,5,9-10H2,1-4H3. The highest BCUT2D eigenvalue weighted by Crippen LogP contribution is 2.40. The quantitative estimate of drug-likeness (QED) is 0.869. The lowest BCUT2D eigenvalue weighted by Crippen LogP contribution is -2.50. The molecule has 1 N–H and O–H groups in total. The first kappa shape index (κ1) is 12.1. The number of hydrogen-bond acceptors (Lipinski definition) is 3. The van der Waals surface area contributed by atoms with Gasteiger partial charge in [-0.2, -0.15) is 0 Å². The van der Waals surface area contributed by atoms with Crippen molar-refractivity contribution in [2.75, 3.05) is 30.4 Å². The first-order valence-electron chi connectivity index (χ1n) is 6.30. The summed E-state index contributed by atoms with van der Waals surface area (Å²) in [6.45, 7) is 8.30. The molecule has 0 bridgehead atoms. The van der Waals surface area contributed by atoms with Gasteiger partial charge >= 0.3 is 0 Å². The van der Waals surface area contributed by atoms with E-state index < -0.39 is 0 Å². The number of rotatable bonds is 3. The van der Waals surface area contributed by atoms with Crippen LogP contribution in [0.5, 0.6) is 5.75 Å². The predicted octanol–water partition coefficient (Wildman–Crippen LogP) is 3.12. The van der Waals surface area contributed by atoms with E-state index in [1.807, 2.05) is 6.07 Å². The van der Waals surface area contributed by atoms with Gasteiger partial charge in [-0.25, -0.2) is 0 Å². The van der Waals surface area contributed by atoms with E-state index in [1.54, 1.807) is 0 Å². The molecular formula is C14H22N2O. The Morgan fingerprint density at radius 2 is 2.18 bits per heavy atom. The summed E-state index contributed by atoms with van der Waals surface area (Å²) in [6.07, 6.45) is 1.03. The van der Waals surface area contributed by atoms with E-state index in [1.165, 1.54) is 5.69 Å². The normalized spacial score (nSPS) is 17.3. The maximum atomic E-state index is 5.78. The van der Waals surface area contributed by atoms with E-state index in [9.17, 15) is 0 Å². The fourth-order valence-electron chi connectivity index (χ4n) is 2.06. The average molecular weight is 234 g/mol. The van der Waals surface area contributed by atoms with Crippen molar-refractivity contribution in [2.45, 2.75) is 32.7 Å². The molecule has 1 aromatic rings. The summed E-state index contributed by atoms with van der Waals surface area (Å²) in [5.74, 6) is 0.965. The molecule has 2 rings (SSSR count). The van der Waals surface area contributed by atoms with Crippen molar-refractivity contribution in [3.8, 4) is 5.75 Å². The molecule has 0 fully saturated rings. The number of hydrogen-bond donors (Lipinski definition) is 1. The Kier molecular flexibility index (Phi) is 3.18. The molecule has 3 nitrogen and oxygen atoms in total. The van der Waals surface area contributed by atoms with Crippen molar-refractivity contribution < 1.29 is 4.74 Å². The van der Waals surface area contributed by atoms with Crippen LogP contribution in [0.2, 0.25) is 0 Å². The number of benzene rings is 1. The summed E-state index contributed by atoms with van der Waals surface area (Å²) in [5.41, 5.74) is 2.48. The summed E-state index contributed by atoms with van der Waals surface area (Å²) < 4.78 is 5.78. The van der Waals surface area contributed by atoms with Gasteiger partial charge in [0.15, 0.2) is 0 Å². The lowest BCUT2D eigenvalue weighted by Gasteiger charge is -2.43. The topological polar surface area (TPSA) is 24.5 Å². The molecule has 1 aliphatic heterocycles. The van der Waals surface area contributed by atoms with Gasteiger partial charge < -0.3 is 15.0 Å². The summed E-state index contributed by atoms with van der Waals surface area (Å²) in [5, 5.41) is 3.49. The highest BCUT2D eigenvalue weighted by Gasteiger charge is 2.31. The molecule has 0 aromatic heterocycles. The van der Waals surface area contributed by atoms with Crippen molar-refractivity contribution in [1.29, 1.82) is 0 Å². The van der Waals surface area contributed by atoms with Crippen LogP contribution in [0.4, 0.5) is 11.4 Å². The zero-order chi connectivity index (χ0) is 12.5. The van der Waals surface area contributed by atoms with Crippen LogP contribution in [0.15, 0.2) is 18.2 Å². The Bertz CT molecular complexity index is 401. The van der Waals surface area contributed by atoms with Crippen molar-refractivity contribution >= 4 is 11.4 Å². The molecule has 1 aromatic carbocycles. The van der Waals surface area contributed by atoms with Gasteiger partial charge in [-0.1, -0.05) is 13.0 Å². The van der Waals surface area contributed by atoms with Gasteiger partial charge in [0.1, 0.15) is 11.4 Å². The monoisotopic (exact) mass is 234 g/mol. The number of ether oxygens (including phenoxy) is 1. The SMILES string of the molecule is CCCOc1cccc2c1NCC(C)(C)N2C. The van der Waals surface area contributed by atoms with E-state index in [0.717, 1.165) is 31.0 Å². The second-order valence-corrected chi connectivity index (χ2v) is 5.22. The number of fused-ring (bicyclic) bond motifs is 1.